The Bertz CT molecular complexity index is 1300. The number of amides is 2. The van der Waals surface area contributed by atoms with Crippen LogP contribution in [0.15, 0.2) is 40.5 Å². The monoisotopic (exact) mass is 462 g/mol. The smallest absolute Gasteiger partial charge is 0.365 e. The number of carbonyl (C=O) groups is 2. The zero-order valence-electron chi connectivity index (χ0n) is 16.8. The Hall–Kier alpha value is -3.47. The van der Waals surface area contributed by atoms with E-state index in [0.29, 0.717) is 18.2 Å². The van der Waals surface area contributed by atoms with Crippen LogP contribution in [0.2, 0.25) is 0 Å². The number of halogens is 3. The number of alkyl halides is 3. The Kier molecular flexibility index (Phi) is 5.37. The first-order chi connectivity index (χ1) is 15.1. The topological polar surface area (TPSA) is 98.3 Å². The van der Waals surface area contributed by atoms with Crippen LogP contribution >= 0.6 is 11.3 Å². The molecule has 0 atom stereocenters. The molecule has 1 aliphatic rings. The van der Waals surface area contributed by atoms with Crippen molar-refractivity contribution in [2.75, 3.05) is 11.4 Å². The summed E-state index contributed by atoms with van der Waals surface area (Å²) in [5.74, 6) is -1.86. The fourth-order valence-corrected chi connectivity index (χ4v) is 4.33. The molecule has 0 saturated heterocycles. The third kappa shape index (κ3) is 3.91. The summed E-state index contributed by atoms with van der Waals surface area (Å²) in [5.41, 5.74) is 5.01. The normalized spacial score (nSPS) is 13.3. The number of anilines is 1. The number of fused-ring (bicyclic) bond motifs is 1. The van der Waals surface area contributed by atoms with Gasteiger partial charge in [0, 0.05) is 23.2 Å². The summed E-state index contributed by atoms with van der Waals surface area (Å²) in [5, 5.41) is 2.84. The first-order valence-corrected chi connectivity index (χ1v) is 10.4. The van der Waals surface area contributed by atoms with Crippen LogP contribution in [0, 0.1) is 6.92 Å². The molecule has 0 unspecified atom stereocenters. The molecule has 1 aromatic carbocycles. The molecule has 2 amide bonds. The second-order valence-electron chi connectivity index (χ2n) is 7.28. The van der Waals surface area contributed by atoms with Gasteiger partial charge in [-0.2, -0.15) is 13.2 Å². The molecule has 2 aromatic heterocycles. The summed E-state index contributed by atoms with van der Waals surface area (Å²) in [7, 11) is 0. The number of aryl methyl sites for hydroxylation is 1. The molecule has 32 heavy (non-hydrogen) atoms. The molecule has 0 aliphatic carbocycles. The number of rotatable bonds is 4. The van der Waals surface area contributed by atoms with Gasteiger partial charge in [-0.25, -0.2) is 4.98 Å². The average Bonchev–Trinajstić information content (AvgIpc) is 3.33. The van der Waals surface area contributed by atoms with Gasteiger partial charge in [0.2, 0.25) is 5.91 Å². The number of benzene rings is 1. The van der Waals surface area contributed by atoms with Crippen LogP contribution in [-0.4, -0.2) is 27.9 Å². The lowest BCUT2D eigenvalue weighted by molar-refractivity contribution is -0.144. The Morgan fingerprint density at radius 1 is 1.22 bits per heavy atom. The Balaban J connectivity index is 1.66. The van der Waals surface area contributed by atoms with Crippen molar-refractivity contribution in [1.29, 1.82) is 0 Å². The second kappa shape index (κ2) is 7.90. The molecular weight excluding hydrogens is 445 g/mol. The molecule has 0 bridgehead atoms. The zero-order valence-corrected chi connectivity index (χ0v) is 17.6. The number of nitrogens with zero attached hydrogens (tertiary/aromatic N) is 3. The summed E-state index contributed by atoms with van der Waals surface area (Å²) in [4.78, 5) is 42.6. The average molecular weight is 462 g/mol. The van der Waals surface area contributed by atoms with Crippen molar-refractivity contribution in [2.24, 2.45) is 5.73 Å². The van der Waals surface area contributed by atoms with Gasteiger partial charge in [-0.05, 0) is 43.2 Å². The second-order valence-corrected chi connectivity index (χ2v) is 8.34. The molecule has 0 spiro atoms. The van der Waals surface area contributed by atoms with Gasteiger partial charge < -0.3 is 10.6 Å². The number of aromatic nitrogens is 2. The first kappa shape index (κ1) is 21.8. The van der Waals surface area contributed by atoms with E-state index in [4.69, 9.17) is 5.73 Å². The molecule has 3 heterocycles. The van der Waals surface area contributed by atoms with Crippen LogP contribution in [-0.2, 0) is 23.9 Å². The summed E-state index contributed by atoms with van der Waals surface area (Å²) < 4.78 is 40.5. The molecule has 1 aliphatic heterocycles. The summed E-state index contributed by atoms with van der Waals surface area (Å²) in [6.45, 7) is 1.28. The highest BCUT2D eigenvalue weighted by atomic mass is 32.1. The molecule has 2 N–H and O–H groups in total. The first-order valence-electron chi connectivity index (χ1n) is 9.53. The molecule has 0 fully saturated rings. The van der Waals surface area contributed by atoms with Crippen molar-refractivity contribution < 1.29 is 22.8 Å². The number of carbonyl (C=O) groups excluding carboxylic acids is 2. The van der Waals surface area contributed by atoms with E-state index in [1.807, 2.05) is 18.4 Å². The van der Waals surface area contributed by atoms with Crippen LogP contribution in [0.1, 0.15) is 26.6 Å². The fraction of sp³-hybridized carbons (Fsp3) is 0.238. The largest absolute Gasteiger partial charge is 0.431 e. The molecule has 11 heteroatoms. The lowest BCUT2D eigenvalue weighted by Crippen LogP contribution is -2.40. The van der Waals surface area contributed by atoms with Gasteiger partial charge in [-0.1, -0.05) is 6.07 Å². The van der Waals surface area contributed by atoms with Crippen molar-refractivity contribution in [2.45, 2.75) is 26.1 Å². The maximum Gasteiger partial charge on any atom is 0.431 e. The van der Waals surface area contributed by atoms with E-state index >= 15 is 0 Å². The summed E-state index contributed by atoms with van der Waals surface area (Å²) >= 11 is 1.51. The van der Waals surface area contributed by atoms with Gasteiger partial charge in [0.15, 0.2) is 0 Å². The van der Waals surface area contributed by atoms with Crippen LogP contribution in [0.25, 0.3) is 11.3 Å². The minimum Gasteiger partial charge on any atom is -0.365 e. The van der Waals surface area contributed by atoms with Crippen molar-refractivity contribution >= 4 is 28.8 Å². The number of primary amides is 1. The Morgan fingerprint density at radius 3 is 2.59 bits per heavy atom. The van der Waals surface area contributed by atoms with Gasteiger partial charge in [0.25, 0.3) is 11.5 Å². The summed E-state index contributed by atoms with van der Waals surface area (Å²) in [6.07, 6.45) is -4.38. The maximum atomic E-state index is 13.4. The van der Waals surface area contributed by atoms with Gasteiger partial charge in [0.1, 0.15) is 17.8 Å². The number of nitrogens with two attached hydrogens (primary N) is 1. The highest BCUT2D eigenvalue weighted by molar-refractivity contribution is 7.09. The van der Waals surface area contributed by atoms with Crippen LogP contribution in [0.5, 0.6) is 0 Å². The minimum absolute atomic E-state index is 0.257. The third-order valence-electron chi connectivity index (χ3n) is 5.21. The van der Waals surface area contributed by atoms with Crippen molar-refractivity contribution in [3.8, 4) is 11.3 Å². The number of hydrogen-bond acceptors (Lipinski definition) is 5. The quantitative estimate of drug-likeness (QED) is 0.645. The van der Waals surface area contributed by atoms with Crippen LogP contribution in [0.4, 0.5) is 18.9 Å². The van der Waals surface area contributed by atoms with Crippen molar-refractivity contribution in [1.82, 2.24) is 9.55 Å². The molecule has 166 valence electrons. The van der Waals surface area contributed by atoms with Gasteiger partial charge >= 0.3 is 6.18 Å². The van der Waals surface area contributed by atoms with E-state index in [1.54, 1.807) is 12.1 Å². The molecular formula is C21H17F3N4O3S. The van der Waals surface area contributed by atoms with Gasteiger partial charge in [-0.15, -0.1) is 11.3 Å². The predicted molar refractivity (Wildman–Crippen MR) is 113 cm³/mol. The van der Waals surface area contributed by atoms with E-state index in [9.17, 15) is 27.6 Å². The number of thiazole rings is 1. The Labute approximate surface area is 183 Å². The fourth-order valence-electron chi connectivity index (χ4n) is 3.71. The molecule has 7 nitrogen and oxygen atoms in total. The predicted octanol–water partition coefficient (Wildman–Crippen LogP) is 2.99. The standard InChI is InChI=1S/C21H17F3N4O3S/c1-11-26-15(10-32-11)12-2-4-16-13(8-12)6-7-27(16)18(29)9-28-17(21(22,23)24)5-3-14(19(25)30)20(28)31/h2-5,8,10H,6-7,9H2,1H3,(H2,25,30). The van der Waals surface area contributed by atoms with E-state index < -0.39 is 41.4 Å². The highest BCUT2D eigenvalue weighted by Gasteiger charge is 2.36. The van der Waals surface area contributed by atoms with Crippen LogP contribution in [0.3, 0.4) is 0 Å². The molecule has 0 saturated carbocycles. The van der Waals surface area contributed by atoms with Gasteiger partial charge in [0.05, 0.1) is 10.7 Å². The van der Waals surface area contributed by atoms with E-state index in [-0.39, 0.29) is 11.1 Å². The summed E-state index contributed by atoms with van der Waals surface area (Å²) in [6, 6.07) is 6.71. The van der Waals surface area contributed by atoms with E-state index in [2.05, 4.69) is 4.98 Å². The molecule has 0 radical (unpaired) electrons. The Morgan fingerprint density at radius 2 is 1.97 bits per heavy atom. The van der Waals surface area contributed by atoms with Crippen molar-refractivity contribution in [3.63, 3.8) is 0 Å². The maximum absolute atomic E-state index is 13.4. The molecule has 3 aromatic rings. The lowest BCUT2D eigenvalue weighted by atomic mass is 10.1. The van der Waals surface area contributed by atoms with E-state index in [1.165, 1.54) is 16.2 Å². The zero-order chi connectivity index (χ0) is 23.2. The number of hydrogen-bond donors (Lipinski definition) is 1. The minimum atomic E-state index is -4.89. The lowest BCUT2D eigenvalue weighted by Gasteiger charge is -2.21. The highest BCUT2D eigenvalue weighted by Crippen LogP contribution is 2.33. The van der Waals surface area contributed by atoms with E-state index in [0.717, 1.165) is 27.9 Å². The van der Waals surface area contributed by atoms with Crippen molar-refractivity contribution in [3.05, 3.63) is 67.9 Å². The SMILES string of the molecule is Cc1nc(-c2ccc3c(c2)CCN3C(=O)Cn2c(C(F)(F)F)ccc(C(N)=O)c2=O)cs1. The van der Waals surface area contributed by atoms with Crippen LogP contribution < -0.4 is 16.2 Å². The number of pyridine rings is 1. The molecule has 4 rings (SSSR count). The van der Waals surface area contributed by atoms with Gasteiger partial charge in [-0.3, -0.25) is 19.0 Å². The third-order valence-corrected chi connectivity index (χ3v) is 5.99.